The highest BCUT2D eigenvalue weighted by Gasteiger charge is 2.63. The summed E-state index contributed by atoms with van der Waals surface area (Å²) in [6.45, 7) is 14.0. The van der Waals surface area contributed by atoms with Crippen molar-refractivity contribution < 1.29 is 4.92 Å². The molecule has 4 aliphatic rings. The number of hydrogen-bond donors (Lipinski definition) is 2. The summed E-state index contributed by atoms with van der Waals surface area (Å²) in [5.41, 5.74) is 0.180. The average molecular weight is 505 g/mol. The standard InChI is InChI=1S/C24H36Cl3N3O2/c1-21(2)13-7-9-23(21,5)15(11-13)28-20(18(30(31)32)17(25)19(26)27)29-16-12-14-8-10-24(16,6)22(14,3)4/h13-16,28-29H,7-12H2,1-6H3/t13-,14+,15-,16-,23+,24+/m1/s1. The van der Waals surface area contributed by atoms with E-state index >= 15 is 0 Å². The van der Waals surface area contributed by atoms with Crippen LogP contribution in [0.4, 0.5) is 0 Å². The van der Waals surface area contributed by atoms with Crippen LogP contribution in [0.25, 0.3) is 0 Å². The number of nitrogens with zero attached hydrogens (tertiary/aromatic N) is 1. The van der Waals surface area contributed by atoms with Gasteiger partial charge in [-0.2, -0.15) is 0 Å². The highest BCUT2D eigenvalue weighted by Crippen LogP contribution is 2.67. The van der Waals surface area contributed by atoms with E-state index in [-0.39, 0.29) is 49.0 Å². The first-order valence-corrected chi connectivity index (χ1v) is 12.9. The third-order valence-electron chi connectivity index (χ3n) is 11.0. The molecule has 0 aromatic rings. The first kappa shape index (κ1) is 24.5. The molecule has 0 heterocycles. The predicted octanol–water partition coefficient (Wildman–Crippen LogP) is 6.93. The number of nitro groups is 1. The summed E-state index contributed by atoms with van der Waals surface area (Å²) in [7, 11) is 0. The van der Waals surface area contributed by atoms with Gasteiger partial charge in [0.1, 0.15) is 4.49 Å². The summed E-state index contributed by atoms with van der Waals surface area (Å²) in [5.74, 6) is 1.57. The Morgan fingerprint density at radius 3 is 1.50 bits per heavy atom. The van der Waals surface area contributed by atoms with E-state index in [1.54, 1.807) is 0 Å². The summed E-state index contributed by atoms with van der Waals surface area (Å²) >= 11 is 18.2. The van der Waals surface area contributed by atoms with Crippen LogP contribution in [0.15, 0.2) is 21.0 Å². The van der Waals surface area contributed by atoms with Gasteiger partial charge in [0.15, 0.2) is 10.9 Å². The van der Waals surface area contributed by atoms with Gasteiger partial charge in [-0.15, -0.1) is 0 Å². The summed E-state index contributed by atoms with van der Waals surface area (Å²) in [6.07, 6.45) is 6.62. The Morgan fingerprint density at radius 1 is 0.844 bits per heavy atom. The molecule has 32 heavy (non-hydrogen) atoms. The normalized spacial score (nSPS) is 41.4. The second-order valence-electron chi connectivity index (χ2n) is 12.2. The minimum Gasteiger partial charge on any atom is -0.363 e. The fraction of sp³-hybridized carbons (Fsp3) is 0.833. The van der Waals surface area contributed by atoms with Gasteiger partial charge >= 0.3 is 5.70 Å². The molecule has 2 N–H and O–H groups in total. The maximum Gasteiger partial charge on any atom is 0.329 e. The minimum absolute atomic E-state index is 0.0467. The summed E-state index contributed by atoms with van der Waals surface area (Å²) in [6, 6.07) is 0.235. The molecule has 0 amide bonds. The first-order valence-electron chi connectivity index (χ1n) is 11.8. The smallest absolute Gasteiger partial charge is 0.329 e. The SMILES string of the molecule is CC1(C)[C@@H]2CC[C@@]1(C)[C@H](NC(N[C@@H]1C[C@@H]3CC[C@]1(C)C3(C)C)=C(C(Cl)=C(Cl)Cl)[N+](=O)[O-])C2. The van der Waals surface area contributed by atoms with E-state index in [4.69, 9.17) is 34.8 Å². The Bertz CT molecular complexity index is 847. The van der Waals surface area contributed by atoms with Crippen LogP contribution in [-0.4, -0.2) is 17.0 Å². The highest BCUT2D eigenvalue weighted by molar-refractivity contribution is 6.59. The Labute approximate surface area is 206 Å². The van der Waals surface area contributed by atoms with Gasteiger partial charge < -0.3 is 10.6 Å². The molecule has 6 atom stereocenters. The van der Waals surface area contributed by atoms with Gasteiger partial charge in [-0.05, 0) is 72.0 Å². The van der Waals surface area contributed by atoms with Crippen LogP contribution in [0.3, 0.4) is 0 Å². The molecule has 4 fully saturated rings. The third kappa shape index (κ3) is 3.24. The number of halogens is 3. The number of fused-ring (bicyclic) bond motifs is 4. The van der Waals surface area contributed by atoms with Gasteiger partial charge in [-0.25, -0.2) is 0 Å². The third-order valence-corrected chi connectivity index (χ3v) is 12.0. The zero-order valence-corrected chi connectivity index (χ0v) is 22.2. The molecule has 0 aliphatic heterocycles. The van der Waals surface area contributed by atoms with E-state index in [1.807, 2.05) is 0 Å². The van der Waals surface area contributed by atoms with Crippen molar-refractivity contribution in [2.24, 2.45) is 33.5 Å². The predicted molar refractivity (Wildman–Crippen MR) is 131 cm³/mol. The molecular weight excluding hydrogens is 469 g/mol. The van der Waals surface area contributed by atoms with Gasteiger partial charge in [0.2, 0.25) is 0 Å². The molecule has 0 spiro atoms. The van der Waals surface area contributed by atoms with Gasteiger partial charge in [0.05, 0.1) is 4.92 Å². The molecular formula is C24H36Cl3N3O2. The molecule has 0 saturated heterocycles. The van der Waals surface area contributed by atoms with Gasteiger partial charge in [-0.3, -0.25) is 10.1 Å². The van der Waals surface area contributed by atoms with E-state index in [0.29, 0.717) is 17.7 Å². The molecule has 180 valence electrons. The van der Waals surface area contributed by atoms with Gasteiger partial charge in [0.25, 0.3) is 0 Å². The van der Waals surface area contributed by atoms with Crippen LogP contribution >= 0.6 is 34.8 Å². The molecule has 4 aliphatic carbocycles. The lowest BCUT2D eigenvalue weighted by Crippen LogP contribution is -2.51. The summed E-state index contributed by atoms with van der Waals surface area (Å²) in [4.78, 5) is 11.7. The lowest BCUT2D eigenvalue weighted by Gasteiger charge is -2.42. The van der Waals surface area contributed by atoms with E-state index in [1.165, 1.54) is 12.8 Å². The number of allylic oxidation sites excluding steroid dienone is 1. The minimum atomic E-state index is -0.468. The highest BCUT2D eigenvalue weighted by atomic mass is 35.5. The molecule has 0 unspecified atom stereocenters. The lowest BCUT2D eigenvalue weighted by atomic mass is 9.69. The molecule has 4 rings (SSSR count). The van der Waals surface area contributed by atoms with Crippen LogP contribution in [0.5, 0.6) is 0 Å². The molecule has 4 bridgehead atoms. The van der Waals surface area contributed by atoms with E-state index < -0.39 is 4.92 Å². The van der Waals surface area contributed by atoms with Crippen molar-refractivity contribution in [2.75, 3.05) is 0 Å². The van der Waals surface area contributed by atoms with E-state index in [0.717, 1.165) is 25.7 Å². The van der Waals surface area contributed by atoms with Crippen molar-refractivity contribution in [3.63, 3.8) is 0 Å². The van der Waals surface area contributed by atoms with Gasteiger partial charge in [0, 0.05) is 12.1 Å². The van der Waals surface area contributed by atoms with Crippen LogP contribution < -0.4 is 10.6 Å². The topological polar surface area (TPSA) is 67.2 Å². The summed E-state index contributed by atoms with van der Waals surface area (Å²) < 4.78 is -0.293. The van der Waals surface area contributed by atoms with Gasteiger partial charge in [-0.1, -0.05) is 76.3 Å². The molecule has 5 nitrogen and oxygen atoms in total. The Kier molecular flexibility index (Phi) is 5.87. The molecule has 0 aromatic heterocycles. The van der Waals surface area contributed by atoms with Crippen LogP contribution in [0, 0.1) is 43.6 Å². The van der Waals surface area contributed by atoms with Crippen LogP contribution in [-0.2, 0) is 0 Å². The van der Waals surface area contributed by atoms with Crippen LogP contribution in [0.1, 0.15) is 80.1 Å². The fourth-order valence-corrected chi connectivity index (χ4v) is 8.08. The second kappa shape index (κ2) is 7.68. The molecule has 8 heteroatoms. The fourth-order valence-electron chi connectivity index (χ4n) is 7.74. The molecule has 0 aromatic carbocycles. The second-order valence-corrected chi connectivity index (χ2v) is 13.5. The number of hydrogen-bond acceptors (Lipinski definition) is 4. The Balaban J connectivity index is 1.73. The van der Waals surface area contributed by atoms with Crippen molar-refractivity contribution in [2.45, 2.75) is 92.2 Å². The van der Waals surface area contributed by atoms with Crippen LogP contribution in [0.2, 0.25) is 0 Å². The first-order chi connectivity index (χ1) is 14.7. The average Bonchev–Trinajstić information content (AvgIpc) is 3.19. The Hall–Kier alpha value is -0.650. The van der Waals surface area contributed by atoms with E-state index in [9.17, 15) is 10.1 Å². The quantitative estimate of drug-likeness (QED) is 0.234. The largest absolute Gasteiger partial charge is 0.363 e. The number of rotatable bonds is 6. The molecule has 4 saturated carbocycles. The monoisotopic (exact) mass is 503 g/mol. The summed E-state index contributed by atoms with van der Waals surface area (Å²) in [5, 5.41) is 19.1. The number of nitrogens with one attached hydrogen (secondary N) is 2. The van der Waals surface area contributed by atoms with Crippen molar-refractivity contribution in [3.05, 3.63) is 31.2 Å². The van der Waals surface area contributed by atoms with Crippen molar-refractivity contribution in [3.8, 4) is 0 Å². The zero-order chi connectivity index (χ0) is 23.9. The maximum atomic E-state index is 12.2. The van der Waals surface area contributed by atoms with Crippen molar-refractivity contribution in [1.29, 1.82) is 0 Å². The maximum absolute atomic E-state index is 12.2. The van der Waals surface area contributed by atoms with Crippen molar-refractivity contribution >= 4 is 34.8 Å². The van der Waals surface area contributed by atoms with E-state index in [2.05, 4.69) is 52.2 Å². The lowest BCUT2D eigenvalue weighted by molar-refractivity contribution is -0.421. The Morgan fingerprint density at radius 2 is 1.25 bits per heavy atom. The van der Waals surface area contributed by atoms with Crippen molar-refractivity contribution in [1.82, 2.24) is 10.6 Å². The molecule has 0 radical (unpaired) electrons. The zero-order valence-electron chi connectivity index (χ0n) is 19.9.